The molecule has 0 aliphatic carbocycles. The van der Waals surface area contributed by atoms with Gasteiger partial charge in [0.25, 0.3) is 0 Å². The Morgan fingerprint density at radius 2 is 2.00 bits per heavy atom. The number of halogens is 1. The number of carbonyl (C=O) groups excluding carboxylic acids is 1. The SMILES string of the molecule is CC(C)(C)CC(=O)OCI. The molecule has 10 heavy (non-hydrogen) atoms. The van der Waals surface area contributed by atoms with Crippen LogP contribution in [0.3, 0.4) is 0 Å². The van der Waals surface area contributed by atoms with Crippen LogP contribution in [0.4, 0.5) is 0 Å². The van der Waals surface area contributed by atoms with Crippen molar-refractivity contribution in [1.82, 2.24) is 0 Å². The van der Waals surface area contributed by atoms with Gasteiger partial charge in [-0.05, 0) is 28.0 Å². The van der Waals surface area contributed by atoms with Crippen LogP contribution in [0.15, 0.2) is 0 Å². The third-order valence-electron chi connectivity index (χ3n) is 0.890. The molecule has 0 bridgehead atoms. The first-order valence-corrected chi connectivity index (χ1v) is 4.70. The Morgan fingerprint density at radius 3 is 2.30 bits per heavy atom. The molecule has 0 radical (unpaired) electrons. The molecule has 0 heterocycles. The van der Waals surface area contributed by atoms with Crippen molar-refractivity contribution in [2.45, 2.75) is 27.2 Å². The van der Waals surface area contributed by atoms with E-state index in [1.165, 1.54) is 0 Å². The second-order valence-electron chi connectivity index (χ2n) is 3.36. The van der Waals surface area contributed by atoms with Crippen molar-refractivity contribution < 1.29 is 9.53 Å². The van der Waals surface area contributed by atoms with E-state index >= 15 is 0 Å². The maximum absolute atomic E-state index is 10.8. The van der Waals surface area contributed by atoms with E-state index in [-0.39, 0.29) is 11.4 Å². The summed E-state index contributed by atoms with van der Waals surface area (Å²) in [5, 5.41) is 0. The van der Waals surface area contributed by atoms with Crippen LogP contribution in [0.1, 0.15) is 27.2 Å². The molecule has 3 heteroatoms. The fourth-order valence-corrected chi connectivity index (χ4v) is 0.892. The van der Waals surface area contributed by atoms with Crippen LogP contribution in [-0.2, 0) is 9.53 Å². The van der Waals surface area contributed by atoms with E-state index in [2.05, 4.69) is 0 Å². The van der Waals surface area contributed by atoms with Crippen molar-refractivity contribution in [3.05, 3.63) is 0 Å². The van der Waals surface area contributed by atoms with Gasteiger partial charge in [-0.25, -0.2) is 0 Å². The fourth-order valence-electron chi connectivity index (χ4n) is 0.545. The van der Waals surface area contributed by atoms with Crippen LogP contribution in [0.25, 0.3) is 0 Å². The van der Waals surface area contributed by atoms with E-state index < -0.39 is 0 Å². The number of hydrogen-bond acceptors (Lipinski definition) is 2. The lowest BCUT2D eigenvalue weighted by Gasteiger charge is -2.15. The second kappa shape index (κ2) is 4.16. The third-order valence-corrected chi connectivity index (χ3v) is 1.20. The van der Waals surface area contributed by atoms with Crippen LogP contribution in [-0.4, -0.2) is 10.6 Å². The summed E-state index contributed by atoms with van der Waals surface area (Å²) in [4.78, 5) is 10.8. The smallest absolute Gasteiger partial charge is 0.307 e. The van der Waals surface area contributed by atoms with Gasteiger partial charge in [0.1, 0.15) is 4.61 Å². The Balaban J connectivity index is 3.58. The van der Waals surface area contributed by atoms with Crippen molar-refractivity contribution >= 4 is 28.6 Å². The zero-order valence-corrected chi connectivity index (χ0v) is 8.77. The number of carbonyl (C=O) groups is 1. The van der Waals surface area contributed by atoms with Gasteiger partial charge in [0.05, 0.1) is 6.42 Å². The first kappa shape index (κ1) is 10.2. The van der Waals surface area contributed by atoms with Crippen molar-refractivity contribution in [2.75, 3.05) is 4.61 Å². The standard InChI is InChI=1S/C7H13IO2/c1-7(2,3)4-6(9)10-5-8/h4-5H2,1-3H3. The summed E-state index contributed by atoms with van der Waals surface area (Å²) >= 11 is 2.01. The zero-order valence-electron chi connectivity index (χ0n) is 6.61. The van der Waals surface area contributed by atoms with Gasteiger partial charge >= 0.3 is 5.97 Å². The lowest BCUT2D eigenvalue weighted by molar-refractivity contribution is -0.143. The van der Waals surface area contributed by atoms with E-state index in [0.717, 1.165) is 0 Å². The molecule has 0 fully saturated rings. The van der Waals surface area contributed by atoms with Gasteiger partial charge in [-0.2, -0.15) is 0 Å². The summed E-state index contributed by atoms with van der Waals surface area (Å²) in [5.41, 5.74) is 0.0445. The molecule has 0 unspecified atom stereocenters. The number of ether oxygens (including phenoxy) is 1. The summed E-state index contributed by atoms with van der Waals surface area (Å²) in [6, 6.07) is 0. The summed E-state index contributed by atoms with van der Waals surface area (Å²) in [5.74, 6) is -0.109. The lowest BCUT2D eigenvalue weighted by atomic mass is 9.93. The van der Waals surface area contributed by atoms with Crippen LogP contribution >= 0.6 is 22.6 Å². The average Bonchev–Trinajstić information content (AvgIpc) is 1.59. The molecule has 0 aromatic rings. The summed E-state index contributed by atoms with van der Waals surface area (Å²) in [6.45, 7) is 6.05. The first-order chi connectivity index (χ1) is 4.45. The lowest BCUT2D eigenvalue weighted by Crippen LogP contribution is -2.14. The molecule has 2 nitrogen and oxygen atoms in total. The minimum atomic E-state index is -0.109. The summed E-state index contributed by atoms with van der Waals surface area (Å²) < 4.78 is 5.22. The van der Waals surface area contributed by atoms with Crippen molar-refractivity contribution in [3.8, 4) is 0 Å². The molecule has 0 amide bonds. The molecule has 0 aliphatic rings. The van der Waals surface area contributed by atoms with Gasteiger partial charge in [0.2, 0.25) is 0 Å². The Hall–Kier alpha value is 0.200. The number of esters is 1. The minimum Gasteiger partial charge on any atom is -0.455 e. The molecule has 0 aromatic heterocycles. The molecule has 0 rings (SSSR count). The summed E-state index contributed by atoms with van der Waals surface area (Å²) in [6.07, 6.45) is 0.496. The van der Waals surface area contributed by atoms with Crippen LogP contribution < -0.4 is 0 Å². The fraction of sp³-hybridized carbons (Fsp3) is 0.857. The molecular formula is C7H13IO2. The second-order valence-corrected chi connectivity index (χ2v) is 3.99. The Morgan fingerprint density at radius 1 is 1.50 bits per heavy atom. The minimum absolute atomic E-state index is 0.0445. The maximum Gasteiger partial charge on any atom is 0.307 e. The van der Waals surface area contributed by atoms with Gasteiger partial charge in [0.15, 0.2) is 0 Å². The molecule has 0 atom stereocenters. The van der Waals surface area contributed by atoms with Gasteiger partial charge in [-0.15, -0.1) is 0 Å². The molecular weight excluding hydrogens is 243 g/mol. The monoisotopic (exact) mass is 256 g/mol. The normalized spacial score (nSPS) is 11.2. The highest BCUT2D eigenvalue weighted by molar-refractivity contribution is 14.1. The Bertz CT molecular complexity index is 115. The molecule has 0 N–H and O–H groups in total. The Labute approximate surface area is 75.5 Å². The van der Waals surface area contributed by atoms with Crippen molar-refractivity contribution in [1.29, 1.82) is 0 Å². The van der Waals surface area contributed by atoms with Crippen molar-refractivity contribution in [2.24, 2.45) is 5.41 Å². The van der Waals surface area contributed by atoms with Gasteiger partial charge in [-0.3, -0.25) is 4.79 Å². The van der Waals surface area contributed by atoms with E-state index in [0.29, 0.717) is 11.0 Å². The van der Waals surface area contributed by atoms with Gasteiger partial charge in [0, 0.05) is 0 Å². The Kier molecular flexibility index (Phi) is 4.24. The first-order valence-electron chi connectivity index (χ1n) is 3.17. The van der Waals surface area contributed by atoms with E-state index in [4.69, 9.17) is 4.74 Å². The molecule has 60 valence electrons. The van der Waals surface area contributed by atoms with Crippen LogP contribution in [0.2, 0.25) is 0 Å². The quantitative estimate of drug-likeness (QED) is 0.430. The van der Waals surface area contributed by atoms with E-state index in [1.54, 1.807) is 0 Å². The predicted octanol–water partition coefficient (Wildman–Crippen LogP) is 2.36. The van der Waals surface area contributed by atoms with Crippen LogP contribution in [0.5, 0.6) is 0 Å². The molecule has 0 aliphatic heterocycles. The highest BCUT2D eigenvalue weighted by atomic mass is 127. The average molecular weight is 256 g/mol. The number of hydrogen-bond donors (Lipinski definition) is 0. The summed E-state index contributed by atoms with van der Waals surface area (Å²) in [7, 11) is 0. The molecule has 0 aromatic carbocycles. The topological polar surface area (TPSA) is 26.3 Å². The highest BCUT2D eigenvalue weighted by Gasteiger charge is 2.16. The van der Waals surface area contributed by atoms with Gasteiger partial charge in [-0.1, -0.05) is 20.8 Å². The predicted molar refractivity (Wildman–Crippen MR) is 49.1 cm³/mol. The largest absolute Gasteiger partial charge is 0.455 e. The third kappa shape index (κ3) is 6.32. The molecule has 0 saturated heterocycles. The van der Waals surface area contributed by atoms with E-state index in [9.17, 15) is 4.79 Å². The molecule has 0 spiro atoms. The maximum atomic E-state index is 10.8. The number of rotatable bonds is 2. The van der Waals surface area contributed by atoms with Gasteiger partial charge < -0.3 is 4.74 Å². The zero-order chi connectivity index (χ0) is 8.20. The van der Waals surface area contributed by atoms with E-state index in [1.807, 2.05) is 43.4 Å². The van der Waals surface area contributed by atoms with Crippen LogP contribution in [0, 0.1) is 5.41 Å². The number of alkyl halides is 1. The van der Waals surface area contributed by atoms with Crippen molar-refractivity contribution in [3.63, 3.8) is 0 Å². The highest BCUT2D eigenvalue weighted by Crippen LogP contribution is 2.18. The molecule has 0 saturated carbocycles.